The molecule has 178 valence electrons. The summed E-state index contributed by atoms with van der Waals surface area (Å²) in [6.07, 6.45) is 0.422. The van der Waals surface area contributed by atoms with E-state index in [1.54, 1.807) is 19.1 Å². The molecular weight excluding hydrogens is 468 g/mol. The van der Waals surface area contributed by atoms with Crippen molar-refractivity contribution < 1.29 is 14.3 Å². The first-order valence-electron chi connectivity index (χ1n) is 11.0. The molecule has 0 saturated carbocycles. The van der Waals surface area contributed by atoms with Gasteiger partial charge in [0.25, 0.3) is 0 Å². The van der Waals surface area contributed by atoms with Gasteiger partial charge in [-0.2, -0.15) is 0 Å². The number of benzene rings is 3. The summed E-state index contributed by atoms with van der Waals surface area (Å²) in [5, 5.41) is 3.42. The maximum Gasteiger partial charge on any atom is 0.242 e. The van der Waals surface area contributed by atoms with E-state index in [9.17, 15) is 9.59 Å². The Labute approximate surface area is 210 Å². The summed E-state index contributed by atoms with van der Waals surface area (Å²) in [5.74, 6) is 1.25. The second kappa shape index (κ2) is 13.1. The van der Waals surface area contributed by atoms with Gasteiger partial charge in [0.15, 0.2) is 0 Å². The molecule has 3 rings (SSSR count). The SMILES string of the molecule is CNC(=O)[C@@H](Cc1ccccc1)N(Cc1cccc(OC)c1)C(=O)CSCc1ccccc1Cl. The lowest BCUT2D eigenvalue weighted by atomic mass is 10.0. The van der Waals surface area contributed by atoms with Gasteiger partial charge < -0.3 is 15.0 Å². The van der Waals surface area contributed by atoms with Gasteiger partial charge >= 0.3 is 0 Å². The zero-order valence-corrected chi connectivity index (χ0v) is 20.9. The normalized spacial score (nSPS) is 11.5. The predicted molar refractivity (Wildman–Crippen MR) is 139 cm³/mol. The Morgan fingerprint density at radius 3 is 2.41 bits per heavy atom. The standard InChI is InChI=1S/C27H29ClN2O3S/c1-29-27(32)25(16-20-9-4-3-5-10-20)30(17-21-11-8-13-23(15-21)33-2)26(31)19-34-18-22-12-6-7-14-24(22)28/h3-15,25H,16-19H2,1-2H3,(H,29,32)/t25-/m1/s1. The second-order valence-electron chi connectivity index (χ2n) is 7.78. The fourth-order valence-electron chi connectivity index (χ4n) is 3.63. The van der Waals surface area contributed by atoms with Crippen LogP contribution in [0.15, 0.2) is 78.9 Å². The maximum atomic E-state index is 13.5. The number of nitrogens with one attached hydrogen (secondary N) is 1. The van der Waals surface area contributed by atoms with E-state index < -0.39 is 6.04 Å². The third kappa shape index (κ3) is 7.27. The molecule has 34 heavy (non-hydrogen) atoms. The molecule has 1 atom stereocenters. The van der Waals surface area contributed by atoms with Crippen molar-refractivity contribution in [3.8, 4) is 5.75 Å². The minimum Gasteiger partial charge on any atom is -0.497 e. The number of halogens is 1. The lowest BCUT2D eigenvalue weighted by Crippen LogP contribution is -2.50. The Hall–Kier alpha value is -2.96. The quantitative estimate of drug-likeness (QED) is 0.407. The molecule has 0 saturated heterocycles. The van der Waals surface area contributed by atoms with Gasteiger partial charge in [0.05, 0.1) is 12.9 Å². The number of amides is 2. The fraction of sp³-hybridized carbons (Fsp3) is 0.259. The average molecular weight is 497 g/mol. The van der Waals surface area contributed by atoms with Gasteiger partial charge in [-0.05, 0) is 34.9 Å². The largest absolute Gasteiger partial charge is 0.497 e. The predicted octanol–water partition coefficient (Wildman–Crippen LogP) is 4.97. The molecule has 2 amide bonds. The number of methoxy groups -OCH3 is 1. The van der Waals surface area contributed by atoms with Crippen LogP contribution in [-0.4, -0.2) is 42.7 Å². The van der Waals surface area contributed by atoms with Gasteiger partial charge in [0.1, 0.15) is 11.8 Å². The van der Waals surface area contributed by atoms with E-state index in [0.717, 1.165) is 16.7 Å². The van der Waals surface area contributed by atoms with E-state index in [-0.39, 0.29) is 17.6 Å². The molecule has 3 aromatic rings. The number of thioether (sulfide) groups is 1. The summed E-state index contributed by atoms with van der Waals surface area (Å²) in [5.41, 5.74) is 2.86. The van der Waals surface area contributed by atoms with E-state index in [0.29, 0.717) is 29.5 Å². The molecule has 0 spiro atoms. The number of rotatable bonds is 11. The number of carbonyl (C=O) groups is 2. The van der Waals surface area contributed by atoms with Gasteiger partial charge in [-0.1, -0.05) is 72.3 Å². The van der Waals surface area contributed by atoms with Crippen molar-refractivity contribution in [2.45, 2.75) is 24.8 Å². The van der Waals surface area contributed by atoms with Crippen LogP contribution in [0, 0.1) is 0 Å². The average Bonchev–Trinajstić information content (AvgIpc) is 2.87. The van der Waals surface area contributed by atoms with E-state index in [2.05, 4.69) is 5.32 Å². The minimum absolute atomic E-state index is 0.107. The molecule has 0 fully saturated rings. The van der Waals surface area contributed by atoms with Crippen molar-refractivity contribution in [1.29, 1.82) is 0 Å². The summed E-state index contributed by atoms with van der Waals surface area (Å²) in [4.78, 5) is 28.1. The highest BCUT2D eigenvalue weighted by Crippen LogP contribution is 2.23. The third-order valence-corrected chi connectivity index (χ3v) is 6.78. The van der Waals surface area contributed by atoms with Gasteiger partial charge in [-0.25, -0.2) is 0 Å². The zero-order valence-electron chi connectivity index (χ0n) is 19.4. The Bertz CT molecular complexity index is 1090. The van der Waals surface area contributed by atoms with Gasteiger partial charge in [-0.15, -0.1) is 11.8 Å². The first-order chi connectivity index (χ1) is 16.5. The van der Waals surface area contributed by atoms with Crippen LogP contribution in [0.4, 0.5) is 0 Å². The first kappa shape index (κ1) is 25.7. The van der Waals surface area contributed by atoms with E-state index in [1.807, 2.05) is 78.9 Å². The van der Waals surface area contributed by atoms with E-state index in [4.69, 9.17) is 16.3 Å². The molecule has 3 aromatic carbocycles. The monoisotopic (exact) mass is 496 g/mol. The number of hydrogen-bond donors (Lipinski definition) is 1. The summed E-state index contributed by atoms with van der Waals surface area (Å²) >= 11 is 7.75. The van der Waals surface area contributed by atoms with E-state index >= 15 is 0 Å². The smallest absolute Gasteiger partial charge is 0.242 e. The van der Waals surface area contributed by atoms with Crippen molar-refractivity contribution in [1.82, 2.24) is 10.2 Å². The molecule has 0 bridgehead atoms. The molecule has 0 aromatic heterocycles. The fourth-order valence-corrected chi connectivity index (χ4v) is 4.83. The van der Waals surface area contributed by atoms with Crippen LogP contribution >= 0.6 is 23.4 Å². The van der Waals surface area contributed by atoms with E-state index in [1.165, 1.54) is 11.8 Å². The van der Waals surface area contributed by atoms with Crippen LogP contribution in [0.2, 0.25) is 5.02 Å². The number of likely N-dealkylation sites (N-methyl/N-ethyl adjacent to an activating group) is 1. The second-order valence-corrected chi connectivity index (χ2v) is 9.17. The summed E-state index contributed by atoms with van der Waals surface area (Å²) < 4.78 is 5.35. The van der Waals surface area contributed by atoms with Crippen LogP contribution in [0.3, 0.4) is 0 Å². The third-order valence-electron chi connectivity index (χ3n) is 5.45. The summed E-state index contributed by atoms with van der Waals surface area (Å²) in [6.45, 7) is 0.299. The van der Waals surface area contributed by atoms with Crippen LogP contribution in [-0.2, 0) is 28.3 Å². The Kier molecular flexibility index (Phi) is 9.86. The minimum atomic E-state index is -0.646. The number of nitrogens with zero attached hydrogens (tertiary/aromatic N) is 1. The van der Waals surface area contributed by atoms with Crippen molar-refractivity contribution in [3.63, 3.8) is 0 Å². The molecule has 5 nitrogen and oxygen atoms in total. The van der Waals surface area contributed by atoms with Crippen molar-refractivity contribution in [2.24, 2.45) is 0 Å². The number of ether oxygens (including phenoxy) is 1. The maximum absolute atomic E-state index is 13.5. The molecule has 0 aliphatic heterocycles. The molecular formula is C27H29ClN2O3S. The Morgan fingerprint density at radius 2 is 1.71 bits per heavy atom. The van der Waals surface area contributed by atoms with Gasteiger partial charge in [-0.3, -0.25) is 9.59 Å². The molecule has 0 aliphatic rings. The number of hydrogen-bond acceptors (Lipinski definition) is 4. The molecule has 0 unspecified atom stereocenters. The molecule has 0 heterocycles. The van der Waals surface area contributed by atoms with Crippen LogP contribution in [0.5, 0.6) is 5.75 Å². The Balaban J connectivity index is 1.83. The summed E-state index contributed by atoms with van der Waals surface area (Å²) in [6, 6.07) is 24.3. The van der Waals surface area contributed by atoms with Gasteiger partial charge in [0, 0.05) is 30.8 Å². The molecule has 0 radical (unpaired) electrons. The Morgan fingerprint density at radius 1 is 1.00 bits per heavy atom. The highest BCUT2D eigenvalue weighted by atomic mass is 35.5. The molecule has 1 N–H and O–H groups in total. The summed E-state index contributed by atoms with van der Waals surface area (Å²) in [7, 11) is 3.21. The van der Waals surface area contributed by atoms with Crippen molar-refractivity contribution >= 4 is 35.2 Å². The topological polar surface area (TPSA) is 58.6 Å². The van der Waals surface area contributed by atoms with Crippen LogP contribution in [0.25, 0.3) is 0 Å². The molecule has 7 heteroatoms. The first-order valence-corrected chi connectivity index (χ1v) is 12.5. The highest BCUT2D eigenvalue weighted by molar-refractivity contribution is 7.99. The van der Waals surface area contributed by atoms with Crippen LogP contribution in [0.1, 0.15) is 16.7 Å². The lowest BCUT2D eigenvalue weighted by molar-refractivity contribution is -0.139. The highest BCUT2D eigenvalue weighted by Gasteiger charge is 2.29. The number of carbonyl (C=O) groups excluding carboxylic acids is 2. The van der Waals surface area contributed by atoms with Gasteiger partial charge in [0.2, 0.25) is 11.8 Å². The van der Waals surface area contributed by atoms with Crippen molar-refractivity contribution in [2.75, 3.05) is 19.9 Å². The van der Waals surface area contributed by atoms with Crippen molar-refractivity contribution in [3.05, 3.63) is 101 Å². The lowest BCUT2D eigenvalue weighted by Gasteiger charge is -2.31. The molecule has 0 aliphatic carbocycles. The van der Waals surface area contributed by atoms with Crippen LogP contribution < -0.4 is 10.1 Å². The zero-order chi connectivity index (χ0) is 24.3.